The Kier molecular flexibility index (Phi) is 5.31. The number of benzene rings is 2. The molecule has 0 heterocycles. The molecule has 1 heteroatoms. The second kappa shape index (κ2) is 7.84. The Morgan fingerprint density at radius 3 is 2.14 bits per heavy atom. The SMILES string of the molecule is C(=C\c1ccccc1)/CN(c1ccccc1)C1CCCCC1. The van der Waals surface area contributed by atoms with Crippen molar-refractivity contribution in [1.82, 2.24) is 0 Å². The minimum absolute atomic E-state index is 0.691. The van der Waals surface area contributed by atoms with Crippen LogP contribution >= 0.6 is 0 Å². The fraction of sp³-hybridized carbons (Fsp3) is 0.333. The Morgan fingerprint density at radius 1 is 0.818 bits per heavy atom. The highest BCUT2D eigenvalue weighted by molar-refractivity contribution is 5.52. The molecule has 1 fully saturated rings. The molecule has 1 saturated carbocycles. The van der Waals surface area contributed by atoms with Crippen LogP contribution in [0.2, 0.25) is 0 Å². The van der Waals surface area contributed by atoms with Crippen LogP contribution in [-0.2, 0) is 0 Å². The van der Waals surface area contributed by atoms with Crippen LogP contribution in [0, 0.1) is 0 Å². The van der Waals surface area contributed by atoms with Gasteiger partial charge in [0.05, 0.1) is 0 Å². The molecule has 114 valence electrons. The number of rotatable bonds is 5. The Morgan fingerprint density at radius 2 is 1.45 bits per heavy atom. The zero-order chi connectivity index (χ0) is 15.0. The van der Waals surface area contributed by atoms with E-state index in [1.165, 1.54) is 43.4 Å². The topological polar surface area (TPSA) is 3.24 Å². The minimum Gasteiger partial charge on any atom is -0.365 e. The molecule has 0 spiro atoms. The van der Waals surface area contributed by atoms with Gasteiger partial charge in [0.2, 0.25) is 0 Å². The van der Waals surface area contributed by atoms with Crippen molar-refractivity contribution < 1.29 is 0 Å². The van der Waals surface area contributed by atoms with Gasteiger partial charge in [-0.25, -0.2) is 0 Å². The van der Waals surface area contributed by atoms with E-state index in [9.17, 15) is 0 Å². The minimum atomic E-state index is 0.691. The predicted octanol–water partition coefficient (Wildman–Crippen LogP) is 5.54. The smallest absolute Gasteiger partial charge is 0.0371 e. The van der Waals surface area contributed by atoms with Gasteiger partial charge >= 0.3 is 0 Å². The van der Waals surface area contributed by atoms with E-state index in [-0.39, 0.29) is 0 Å². The van der Waals surface area contributed by atoms with Crippen molar-refractivity contribution in [1.29, 1.82) is 0 Å². The van der Waals surface area contributed by atoms with Gasteiger partial charge in [0.15, 0.2) is 0 Å². The number of anilines is 1. The van der Waals surface area contributed by atoms with E-state index in [0.29, 0.717) is 6.04 Å². The molecule has 0 bridgehead atoms. The molecule has 22 heavy (non-hydrogen) atoms. The third-order valence-electron chi connectivity index (χ3n) is 4.52. The normalized spacial score (nSPS) is 16.0. The van der Waals surface area contributed by atoms with Crippen LogP contribution in [0.4, 0.5) is 5.69 Å². The second-order valence-electron chi connectivity index (χ2n) is 6.09. The van der Waals surface area contributed by atoms with Crippen molar-refractivity contribution in [3.8, 4) is 0 Å². The van der Waals surface area contributed by atoms with E-state index in [0.717, 1.165) is 6.54 Å². The third kappa shape index (κ3) is 4.00. The summed E-state index contributed by atoms with van der Waals surface area (Å²) in [6.07, 6.45) is 11.3. The van der Waals surface area contributed by atoms with Crippen molar-refractivity contribution >= 4 is 11.8 Å². The molecular formula is C21H25N. The maximum atomic E-state index is 2.58. The van der Waals surface area contributed by atoms with Crippen LogP contribution in [0.25, 0.3) is 6.08 Å². The fourth-order valence-electron chi connectivity index (χ4n) is 3.34. The average molecular weight is 291 g/mol. The zero-order valence-electron chi connectivity index (χ0n) is 13.2. The molecule has 0 N–H and O–H groups in total. The lowest BCUT2D eigenvalue weighted by molar-refractivity contribution is 0.421. The number of para-hydroxylation sites is 1. The molecule has 0 atom stereocenters. The molecule has 2 aromatic rings. The summed E-state index contributed by atoms with van der Waals surface area (Å²) >= 11 is 0. The predicted molar refractivity (Wildman–Crippen MR) is 96.1 cm³/mol. The maximum absolute atomic E-state index is 2.58. The van der Waals surface area contributed by atoms with Gasteiger partial charge in [0.1, 0.15) is 0 Å². The lowest BCUT2D eigenvalue weighted by Crippen LogP contribution is -2.37. The molecule has 0 radical (unpaired) electrons. The Balaban J connectivity index is 1.72. The van der Waals surface area contributed by atoms with Gasteiger partial charge in [-0.1, -0.05) is 79.9 Å². The largest absolute Gasteiger partial charge is 0.365 e. The van der Waals surface area contributed by atoms with Gasteiger partial charge in [-0.15, -0.1) is 0 Å². The first-order valence-corrected chi connectivity index (χ1v) is 8.47. The van der Waals surface area contributed by atoms with Crippen LogP contribution in [0.15, 0.2) is 66.7 Å². The summed E-state index contributed by atoms with van der Waals surface area (Å²) in [6.45, 7) is 0.990. The molecule has 2 aromatic carbocycles. The molecular weight excluding hydrogens is 266 g/mol. The summed E-state index contributed by atoms with van der Waals surface area (Å²) in [5, 5.41) is 0. The van der Waals surface area contributed by atoms with Gasteiger partial charge in [0, 0.05) is 18.3 Å². The quantitative estimate of drug-likeness (QED) is 0.699. The lowest BCUT2D eigenvalue weighted by Gasteiger charge is -2.35. The van der Waals surface area contributed by atoms with E-state index in [1.54, 1.807) is 0 Å². The molecule has 0 aliphatic heterocycles. The van der Waals surface area contributed by atoms with E-state index < -0.39 is 0 Å². The van der Waals surface area contributed by atoms with Gasteiger partial charge in [-0.3, -0.25) is 0 Å². The van der Waals surface area contributed by atoms with Crippen LogP contribution in [0.1, 0.15) is 37.7 Å². The third-order valence-corrected chi connectivity index (χ3v) is 4.52. The number of hydrogen-bond donors (Lipinski definition) is 0. The summed E-state index contributed by atoms with van der Waals surface area (Å²) in [7, 11) is 0. The summed E-state index contributed by atoms with van der Waals surface area (Å²) < 4.78 is 0. The molecule has 1 nitrogen and oxygen atoms in total. The molecule has 1 aliphatic rings. The van der Waals surface area contributed by atoms with Gasteiger partial charge in [-0.05, 0) is 30.5 Å². The molecule has 0 unspecified atom stereocenters. The van der Waals surface area contributed by atoms with Gasteiger partial charge in [0.25, 0.3) is 0 Å². The van der Waals surface area contributed by atoms with Crippen LogP contribution in [-0.4, -0.2) is 12.6 Å². The van der Waals surface area contributed by atoms with E-state index in [2.05, 4.69) is 77.7 Å². The van der Waals surface area contributed by atoms with Crippen LogP contribution in [0.5, 0.6) is 0 Å². The van der Waals surface area contributed by atoms with E-state index in [1.807, 2.05) is 0 Å². The highest BCUT2D eigenvalue weighted by atomic mass is 15.2. The van der Waals surface area contributed by atoms with Gasteiger partial charge < -0.3 is 4.90 Å². The van der Waals surface area contributed by atoms with Crippen LogP contribution in [0.3, 0.4) is 0 Å². The van der Waals surface area contributed by atoms with Crippen molar-refractivity contribution in [2.45, 2.75) is 38.1 Å². The molecule has 1 aliphatic carbocycles. The highest BCUT2D eigenvalue weighted by Crippen LogP contribution is 2.27. The zero-order valence-corrected chi connectivity index (χ0v) is 13.2. The Bertz CT molecular complexity index is 567. The summed E-state index contributed by atoms with van der Waals surface area (Å²) in [6, 6.07) is 22.1. The van der Waals surface area contributed by atoms with Crippen molar-refractivity contribution in [2.24, 2.45) is 0 Å². The van der Waals surface area contributed by atoms with Crippen LogP contribution < -0.4 is 4.90 Å². The monoisotopic (exact) mass is 291 g/mol. The standard InChI is InChI=1S/C21H25N/c1-4-11-19(12-5-1)13-10-18-22(20-14-6-2-7-15-20)21-16-8-3-9-17-21/h1-2,4-7,10-15,21H,3,8-9,16-18H2/b13-10+. The number of nitrogens with zero attached hydrogens (tertiary/aromatic N) is 1. The van der Waals surface area contributed by atoms with Gasteiger partial charge in [-0.2, -0.15) is 0 Å². The first-order valence-electron chi connectivity index (χ1n) is 8.47. The highest BCUT2D eigenvalue weighted by Gasteiger charge is 2.20. The fourth-order valence-corrected chi connectivity index (χ4v) is 3.34. The summed E-state index contributed by atoms with van der Waals surface area (Å²) in [5.74, 6) is 0. The Labute approximate surface area is 134 Å². The Hall–Kier alpha value is -2.02. The van der Waals surface area contributed by atoms with E-state index >= 15 is 0 Å². The first-order chi connectivity index (χ1) is 10.9. The second-order valence-corrected chi connectivity index (χ2v) is 6.09. The van der Waals surface area contributed by atoms with Crippen molar-refractivity contribution in [2.75, 3.05) is 11.4 Å². The van der Waals surface area contributed by atoms with Crippen molar-refractivity contribution in [3.05, 3.63) is 72.3 Å². The molecule has 3 rings (SSSR count). The lowest BCUT2D eigenvalue weighted by atomic mass is 9.93. The number of hydrogen-bond acceptors (Lipinski definition) is 1. The summed E-state index contributed by atoms with van der Waals surface area (Å²) in [5.41, 5.74) is 2.63. The summed E-state index contributed by atoms with van der Waals surface area (Å²) in [4.78, 5) is 2.58. The molecule has 0 amide bonds. The molecule has 0 aromatic heterocycles. The molecule has 0 saturated heterocycles. The first kappa shape index (κ1) is 14.9. The van der Waals surface area contributed by atoms with Crippen molar-refractivity contribution in [3.63, 3.8) is 0 Å². The maximum Gasteiger partial charge on any atom is 0.0371 e. The van der Waals surface area contributed by atoms with E-state index in [4.69, 9.17) is 0 Å². The average Bonchev–Trinajstić information content (AvgIpc) is 2.61.